The number of carbonyl (C=O) groups excluding carboxylic acids is 1. The summed E-state index contributed by atoms with van der Waals surface area (Å²) in [7, 11) is 0. The number of para-hydroxylation sites is 1. The number of nitrogens with one attached hydrogen (secondary N) is 2. The number of carbonyl (C=O) groups is 1. The van der Waals surface area contributed by atoms with Gasteiger partial charge >= 0.3 is 6.09 Å². The fourth-order valence-corrected chi connectivity index (χ4v) is 3.92. The average molecular weight is 550 g/mol. The lowest BCUT2D eigenvalue weighted by Gasteiger charge is -2.28. The van der Waals surface area contributed by atoms with E-state index in [-0.39, 0.29) is 42.3 Å². The van der Waals surface area contributed by atoms with Gasteiger partial charge in [-0.25, -0.2) is 14.7 Å². The summed E-state index contributed by atoms with van der Waals surface area (Å²) >= 11 is 0. The molecule has 0 saturated heterocycles. The van der Waals surface area contributed by atoms with E-state index < -0.39 is 6.09 Å². The zero-order valence-corrected chi connectivity index (χ0v) is 24.0. The van der Waals surface area contributed by atoms with Crippen molar-refractivity contribution in [1.29, 1.82) is 5.41 Å². The molecule has 0 atom stereocenters. The fourth-order valence-electron chi connectivity index (χ4n) is 3.92. The number of hydrogen-bond acceptors (Lipinski definition) is 9. The Morgan fingerprint density at radius 1 is 1.05 bits per heavy atom. The molecule has 40 heavy (non-hydrogen) atoms. The summed E-state index contributed by atoms with van der Waals surface area (Å²) in [5.41, 5.74) is 1.64. The minimum atomic E-state index is -0.652. The Morgan fingerprint density at radius 2 is 1.75 bits per heavy atom. The zero-order chi connectivity index (χ0) is 29.2. The van der Waals surface area contributed by atoms with Gasteiger partial charge in [0.25, 0.3) is 0 Å². The summed E-state index contributed by atoms with van der Waals surface area (Å²) in [5.74, 6) is 1.18. The number of aromatic hydroxyl groups is 1. The van der Waals surface area contributed by atoms with Crippen LogP contribution < -0.4 is 24.6 Å². The van der Waals surface area contributed by atoms with Crippen LogP contribution in [0.4, 0.5) is 27.7 Å². The average Bonchev–Trinajstić information content (AvgIpc) is 2.93. The van der Waals surface area contributed by atoms with Gasteiger partial charge in [-0.15, -0.1) is 0 Å². The third-order valence-corrected chi connectivity index (χ3v) is 6.13. The number of aromatic nitrogens is 1. The lowest BCUT2D eigenvalue weighted by molar-refractivity contribution is 0.162. The molecular weight excluding hydrogens is 510 g/mol. The number of rotatable bonds is 12. The molecule has 0 unspecified atom stereocenters. The molecule has 1 amide bonds. The van der Waals surface area contributed by atoms with E-state index in [0.717, 1.165) is 18.9 Å². The predicted octanol–water partition coefficient (Wildman–Crippen LogP) is 6.70. The highest BCUT2D eigenvalue weighted by Crippen LogP contribution is 2.42. The summed E-state index contributed by atoms with van der Waals surface area (Å²) in [6.07, 6.45) is -0.652. The Bertz CT molecular complexity index is 1300. The first-order chi connectivity index (χ1) is 19.2. The van der Waals surface area contributed by atoms with Crippen molar-refractivity contribution >= 4 is 34.9 Å². The van der Waals surface area contributed by atoms with Crippen molar-refractivity contribution < 1.29 is 24.1 Å². The van der Waals surface area contributed by atoms with Gasteiger partial charge in [0.2, 0.25) is 0 Å². The smallest absolute Gasteiger partial charge is 0.419 e. The van der Waals surface area contributed by atoms with Crippen molar-refractivity contribution in [3.8, 4) is 17.2 Å². The lowest BCUT2D eigenvalue weighted by Crippen LogP contribution is -2.29. The maximum absolute atomic E-state index is 13.4. The molecule has 1 heterocycles. The van der Waals surface area contributed by atoms with Crippen LogP contribution in [0.15, 0.2) is 54.6 Å². The van der Waals surface area contributed by atoms with Crippen molar-refractivity contribution in [1.82, 2.24) is 4.98 Å². The Labute approximate surface area is 236 Å². The second kappa shape index (κ2) is 14.1. The molecule has 0 aliphatic heterocycles. The molecule has 0 spiro atoms. The number of ether oxygens (including phenoxy) is 3. The molecule has 10 heteroatoms. The minimum absolute atomic E-state index is 0.0238. The number of hydrogen-bond donors (Lipinski definition) is 3. The van der Waals surface area contributed by atoms with E-state index in [4.69, 9.17) is 24.6 Å². The van der Waals surface area contributed by atoms with Gasteiger partial charge in [0, 0.05) is 25.1 Å². The normalized spacial score (nSPS) is 10.7. The third-order valence-electron chi connectivity index (χ3n) is 6.13. The zero-order valence-electron chi connectivity index (χ0n) is 24.0. The summed E-state index contributed by atoms with van der Waals surface area (Å²) in [5, 5.41) is 22.2. The molecule has 0 bridgehead atoms. The SMILES string of the molecule is CCOC(=O)N(c1cc(NCOc2ccccc2)c(O)cc1OC(=N)C(C)C)c1ccc(N(CC)CC)nc1C. The van der Waals surface area contributed by atoms with E-state index in [1.54, 1.807) is 13.0 Å². The molecule has 214 valence electrons. The number of benzene rings is 2. The summed E-state index contributed by atoms with van der Waals surface area (Å²) in [6.45, 7) is 13.1. The topological polar surface area (TPSA) is 120 Å². The largest absolute Gasteiger partial charge is 0.506 e. The van der Waals surface area contributed by atoms with Gasteiger partial charge in [-0.1, -0.05) is 32.0 Å². The maximum Gasteiger partial charge on any atom is 0.419 e. The van der Waals surface area contributed by atoms with Crippen LogP contribution in [-0.2, 0) is 4.74 Å². The molecule has 0 saturated carbocycles. The Balaban J connectivity index is 2.10. The van der Waals surface area contributed by atoms with Crippen molar-refractivity contribution in [3.05, 3.63) is 60.3 Å². The molecule has 3 aromatic rings. The van der Waals surface area contributed by atoms with Crippen LogP contribution in [0, 0.1) is 18.3 Å². The van der Waals surface area contributed by atoms with Crippen molar-refractivity contribution in [2.75, 3.05) is 41.5 Å². The summed E-state index contributed by atoms with van der Waals surface area (Å²) < 4.78 is 17.0. The lowest BCUT2D eigenvalue weighted by atomic mass is 10.1. The minimum Gasteiger partial charge on any atom is -0.506 e. The van der Waals surface area contributed by atoms with E-state index in [2.05, 4.69) is 24.1 Å². The number of nitrogens with zero attached hydrogens (tertiary/aromatic N) is 3. The standard InChI is InChI=1S/C30H39N5O5/c1-7-34(8-2)28-16-15-24(21(6)33-28)35(30(37)38-9-3)25-17-23(32-19-39-22-13-11-10-12-14-22)26(36)18-27(25)40-29(31)20(4)5/h10-18,20,31-32,36H,7-9,19H2,1-6H3. The number of phenolic OH excluding ortho intramolecular Hbond substituents is 1. The highest BCUT2D eigenvalue weighted by molar-refractivity contribution is 6.00. The van der Waals surface area contributed by atoms with Crippen LogP contribution in [-0.4, -0.2) is 48.5 Å². The Morgan fingerprint density at radius 3 is 2.35 bits per heavy atom. The molecular formula is C30H39N5O5. The summed E-state index contributed by atoms with van der Waals surface area (Å²) in [4.78, 5) is 21.7. The fraction of sp³-hybridized carbons (Fsp3) is 0.367. The van der Waals surface area contributed by atoms with Crippen molar-refractivity contribution in [3.63, 3.8) is 0 Å². The van der Waals surface area contributed by atoms with Gasteiger partial charge in [-0.2, -0.15) is 0 Å². The Hall–Kier alpha value is -4.47. The van der Waals surface area contributed by atoms with E-state index in [0.29, 0.717) is 22.8 Å². The van der Waals surface area contributed by atoms with Gasteiger partial charge < -0.3 is 29.5 Å². The molecule has 1 aromatic heterocycles. The van der Waals surface area contributed by atoms with Crippen LogP contribution >= 0.6 is 0 Å². The monoisotopic (exact) mass is 549 g/mol. The number of anilines is 4. The highest BCUT2D eigenvalue weighted by atomic mass is 16.6. The second-order valence-electron chi connectivity index (χ2n) is 9.22. The van der Waals surface area contributed by atoms with E-state index >= 15 is 0 Å². The van der Waals surface area contributed by atoms with Gasteiger partial charge in [0.05, 0.1) is 29.4 Å². The van der Waals surface area contributed by atoms with E-state index in [1.807, 2.05) is 63.2 Å². The number of pyridine rings is 1. The van der Waals surface area contributed by atoms with Crippen LogP contribution in [0.2, 0.25) is 0 Å². The number of phenols is 1. The molecule has 0 fully saturated rings. The van der Waals surface area contributed by atoms with Crippen LogP contribution in [0.25, 0.3) is 0 Å². The number of aryl methyl sites for hydroxylation is 1. The highest BCUT2D eigenvalue weighted by Gasteiger charge is 2.28. The van der Waals surface area contributed by atoms with Crippen LogP contribution in [0.1, 0.15) is 40.3 Å². The molecule has 3 rings (SSSR count). The summed E-state index contributed by atoms with van der Waals surface area (Å²) in [6, 6.07) is 15.9. The second-order valence-corrected chi connectivity index (χ2v) is 9.22. The Kier molecular flexibility index (Phi) is 10.6. The van der Waals surface area contributed by atoms with Gasteiger partial charge in [0.1, 0.15) is 17.3 Å². The third kappa shape index (κ3) is 7.34. The first-order valence-electron chi connectivity index (χ1n) is 13.4. The van der Waals surface area contributed by atoms with Crippen molar-refractivity contribution in [2.45, 2.75) is 41.5 Å². The van der Waals surface area contributed by atoms with E-state index in [1.165, 1.54) is 11.0 Å². The van der Waals surface area contributed by atoms with Gasteiger partial charge in [0.15, 0.2) is 18.4 Å². The predicted molar refractivity (Wildman–Crippen MR) is 159 cm³/mol. The van der Waals surface area contributed by atoms with E-state index in [9.17, 15) is 9.90 Å². The van der Waals surface area contributed by atoms with Crippen LogP contribution in [0.5, 0.6) is 17.2 Å². The maximum atomic E-state index is 13.4. The number of amides is 1. The molecule has 2 aromatic carbocycles. The van der Waals surface area contributed by atoms with Crippen LogP contribution in [0.3, 0.4) is 0 Å². The quantitative estimate of drug-likeness (QED) is 0.0988. The molecule has 10 nitrogen and oxygen atoms in total. The van der Waals surface area contributed by atoms with Crippen molar-refractivity contribution in [2.24, 2.45) is 5.92 Å². The molecule has 3 N–H and O–H groups in total. The first-order valence-corrected chi connectivity index (χ1v) is 13.4. The van der Waals surface area contributed by atoms with Gasteiger partial charge in [-0.3, -0.25) is 5.41 Å². The molecule has 0 radical (unpaired) electrons. The first kappa shape index (κ1) is 30.1. The molecule has 0 aliphatic carbocycles. The van der Waals surface area contributed by atoms with Gasteiger partial charge in [-0.05, 0) is 58.0 Å². The molecule has 0 aliphatic rings.